The normalized spacial score (nSPS) is 14.8. The number of aryl methyl sites for hydroxylation is 1. The Kier molecular flexibility index (Phi) is 12.4. The van der Waals surface area contributed by atoms with Crippen LogP contribution in [0.1, 0.15) is 63.2 Å². The highest BCUT2D eigenvalue weighted by Gasteiger charge is 2.26. The van der Waals surface area contributed by atoms with Crippen molar-refractivity contribution < 1.29 is 37.9 Å². The number of nitrogens with one attached hydrogen (secondary N) is 3. The van der Waals surface area contributed by atoms with E-state index in [1.165, 1.54) is 17.0 Å². The first-order chi connectivity index (χ1) is 23.9. The Balaban J connectivity index is 1.72. The number of anilines is 1. The second-order valence-corrected chi connectivity index (χ2v) is 14.2. The molecule has 272 valence electrons. The maximum atomic E-state index is 13.6. The zero-order valence-electron chi connectivity index (χ0n) is 29.3. The topological polar surface area (TPSA) is 174 Å². The van der Waals surface area contributed by atoms with Crippen molar-refractivity contribution in [1.82, 2.24) is 20.7 Å². The van der Waals surface area contributed by atoms with Crippen LogP contribution in [0.4, 0.5) is 15.3 Å². The molecule has 51 heavy (non-hydrogen) atoms. The molecule has 0 atom stereocenters. The number of halogens is 2. The average molecular weight is 744 g/mol. The Labute approximate surface area is 305 Å². The predicted molar refractivity (Wildman–Crippen MR) is 192 cm³/mol. The molecular formula is C35H40Cl2N6O8. The van der Waals surface area contributed by atoms with Gasteiger partial charge in [0.1, 0.15) is 47.1 Å². The van der Waals surface area contributed by atoms with E-state index in [0.29, 0.717) is 16.9 Å². The zero-order valence-corrected chi connectivity index (χ0v) is 30.8. The smallest absolute Gasteiger partial charge is 0.414 e. The number of benzene rings is 2. The minimum Gasteiger partial charge on any atom is -0.490 e. The number of amides is 4. The molecule has 1 aromatic heterocycles. The third-order valence-corrected chi connectivity index (χ3v) is 7.28. The van der Waals surface area contributed by atoms with Gasteiger partial charge in [0.05, 0.1) is 22.3 Å². The first-order valence-corrected chi connectivity index (χ1v) is 16.6. The fourth-order valence-electron chi connectivity index (χ4n) is 4.53. The van der Waals surface area contributed by atoms with Crippen molar-refractivity contribution in [2.24, 2.45) is 4.99 Å². The van der Waals surface area contributed by atoms with Gasteiger partial charge in [-0.25, -0.2) is 14.6 Å². The highest BCUT2D eigenvalue weighted by molar-refractivity contribution is 6.40. The lowest BCUT2D eigenvalue weighted by molar-refractivity contribution is -0.117. The average Bonchev–Trinajstić information content (AvgIpc) is 3.40. The summed E-state index contributed by atoms with van der Waals surface area (Å²) in [5, 5.41) is 12.0. The minimum atomic E-state index is -0.864. The van der Waals surface area contributed by atoms with Gasteiger partial charge in [0, 0.05) is 12.1 Å². The van der Waals surface area contributed by atoms with Crippen LogP contribution in [-0.4, -0.2) is 70.9 Å². The highest BCUT2D eigenvalue weighted by atomic mass is 35.5. The van der Waals surface area contributed by atoms with Gasteiger partial charge in [0.2, 0.25) is 11.9 Å². The Morgan fingerprint density at radius 2 is 1.59 bits per heavy atom. The summed E-state index contributed by atoms with van der Waals surface area (Å²) in [7, 11) is 0. The second-order valence-electron chi connectivity index (χ2n) is 13.4. The van der Waals surface area contributed by atoms with Crippen LogP contribution < -0.4 is 20.7 Å². The maximum absolute atomic E-state index is 13.6. The van der Waals surface area contributed by atoms with Gasteiger partial charge in [0.25, 0.3) is 5.91 Å². The molecule has 7 rings (SSSR count). The number of aromatic nitrogens is 1. The molecule has 16 heteroatoms. The van der Waals surface area contributed by atoms with Gasteiger partial charge in [-0.15, -0.1) is 0 Å². The van der Waals surface area contributed by atoms with E-state index in [1.807, 2.05) is 0 Å². The third-order valence-electron chi connectivity index (χ3n) is 6.68. The summed E-state index contributed by atoms with van der Waals surface area (Å²) in [6, 6.07) is 9.83. The molecule has 0 spiro atoms. The van der Waals surface area contributed by atoms with Crippen molar-refractivity contribution in [3.8, 4) is 17.0 Å². The Morgan fingerprint density at radius 3 is 2.22 bits per heavy atom. The molecule has 0 unspecified atom stereocenters. The molecule has 0 fully saturated rings. The zero-order chi connectivity index (χ0) is 37.5. The van der Waals surface area contributed by atoms with E-state index in [4.69, 9.17) is 41.9 Å². The van der Waals surface area contributed by atoms with Crippen molar-refractivity contribution in [3.63, 3.8) is 0 Å². The lowest BCUT2D eigenvalue weighted by Crippen LogP contribution is -2.46. The Bertz CT molecular complexity index is 1820. The lowest BCUT2D eigenvalue weighted by atomic mass is 10.1. The van der Waals surface area contributed by atoms with Crippen LogP contribution in [0.3, 0.4) is 0 Å². The van der Waals surface area contributed by atoms with Crippen LogP contribution in [0, 0.1) is 6.92 Å². The molecule has 4 bridgehead atoms. The molecule has 0 radical (unpaired) electrons. The summed E-state index contributed by atoms with van der Waals surface area (Å²) in [5.74, 6) is -0.734. The SMILES string of the molecule is Cc1onc2c1C(=O)NC(NC(=O)OC(C)(C)C)=NCc1cc(Cl)c(c(Cl)c1)NC(=O)CN(C(=O)OC(C)(C)C)CC=CCOc1ccc-2cc1. The highest BCUT2D eigenvalue weighted by Crippen LogP contribution is 2.32. The van der Waals surface area contributed by atoms with Gasteiger partial charge in [-0.05, 0) is 96.5 Å². The van der Waals surface area contributed by atoms with Gasteiger partial charge in [-0.3, -0.25) is 25.1 Å². The summed E-state index contributed by atoms with van der Waals surface area (Å²) >= 11 is 13.1. The largest absolute Gasteiger partial charge is 0.490 e. The Morgan fingerprint density at radius 1 is 0.941 bits per heavy atom. The fraction of sp³-hybridized carbons (Fsp3) is 0.371. The molecule has 3 aromatic rings. The van der Waals surface area contributed by atoms with Gasteiger partial charge in [0.15, 0.2) is 0 Å². The molecule has 0 saturated carbocycles. The van der Waals surface area contributed by atoms with Gasteiger partial charge in [-0.1, -0.05) is 34.4 Å². The van der Waals surface area contributed by atoms with Gasteiger partial charge >= 0.3 is 12.2 Å². The van der Waals surface area contributed by atoms with Crippen LogP contribution in [0.2, 0.25) is 10.0 Å². The van der Waals surface area contributed by atoms with E-state index >= 15 is 0 Å². The molecular weight excluding hydrogens is 703 g/mol. The molecule has 4 aliphatic heterocycles. The van der Waals surface area contributed by atoms with E-state index < -0.39 is 35.2 Å². The summed E-state index contributed by atoms with van der Waals surface area (Å²) in [6.45, 7) is 11.5. The lowest BCUT2D eigenvalue weighted by Gasteiger charge is -2.26. The number of hydrogen-bond acceptors (Lipinski definition) is 10. The van der Waals surface area contributed by atoms with E-state index in [1.54, 1.807) is 84.9 Å². The van der Waals surface area contributed by atoms with Crippen molar-refractivity contribution >= 4 is 58.8 Å². The number of alkyl carbamates (subject to hydrolysis) is 1. The molecule has 4 aliphatic rings. The minimum absolute atomic E-state index is 0.0407. The molecule has 3 N–H and O–H groups in total. The monoisotopic (exact) mass is 742 g/mol. The number of carbonyl (C=O) groups is 4. The van der Waals surface area contributed by atoms with Gasteiger partial charge < -0.3 is 24.1 Å². The summed E-state index contributed by atoms with van der Waals surface area (Å²) < 4.78 is 22.1. The maximum Gasteiger partial charge on any atom is 0.414 e. The van der Waals surface area contributed by atoms with Crippen molar-refractivity contribution in [2.45, 2.75) is 66.2 Å². The number of hydrogen-bond donors (Lipinski definition) is 3. The molecule has 14 nitrogen and oxygen atoms in total. The quantitative estimate of drug-likeness (QED) is 0.207. The molecule has 4 amide bonds. The number of carbonyl (C=O) groups excluding carboxylic acids is 4. The predicted octanol–water partition coefficient (Wildman–Crippen LogP) is 6.89. The van der Waals surface area contributed by atoms with Crippen LogP contribution in [0.5, 0.6) is 5.75 Å². The van der Waals surface area contributed by atoms with E-state index in [9.17, 15) is 19.2 Å². The number of guanidine groups is 1. The molecule has 0 saturated heterocycles. The van der Waals surface area contributed by atoms with E-state index in [2.05, 4.69) is 26.1 Å². The number of nitrogens with zero attached hydrogens (tertiary/aromatic N) is 3. The van der Waals surface area contributed by atoms with Crippen molar-refractivity contribution in [1.29, 1.82) is 0 Å². The number of ether oxygens (including phenoxy) is 3. The van der Waals surface area contributed by atoms with Crippen molar-refractivity contribution in [3.05, 3.63) is 75.5 Å². The summed E-state index contributed by atoms with van der Waals surface area (Å²) in [6.07, 6.45) is 1.81. The second kappa shape index (κ2) is 16.3. The molecule has 5 heterocycles. The molecule has 0 aliphatic carbocycles. The van der Waals surface area contributed by atoms with Crippen LogP contribution in [0.25, 0.3) is 11.3 Å². The van der Waals surface area contributed by atoms with E-state index in [-0.39, 0.29) is 65.0 Å². The van der Waals surface area contributed by atoms with Gasteiger partial charge in [-0.2, -0.15) is 0 Å². The molecule has 2 aromatic carbocycles. The number of rotatable bonds is 0. The van der Waals surface area contributed by atoms with Crippen LogP contribution >= 0.6 is 23.2 Å². The standard InChI is InChI=1S/C35H40Cl2N6O8/c1-20-27-28(42-51-20)22-10-12-23(13-11-22)48-15-9-8-14-43(33(47)50-35(5,6)7)19-26(44)39-29-24(36)16-21(17-25(29)37)18-38-31(40-30(27)45)41-32(46)49-34(2,3)4/h8-13,16-17H,14-15,18-19H2,1-7H3,(H,39,44)(H2,38,40,41,45,46). The summed E-state index contributed by atoms with van der Waals surface area (Å²) in [5.41, 5.74) is -0.134. The van der Waals surface area contributed by atoms with E-state index in [0.717, 1.165) is 0 Å². The Hall–Kier alpha value is -5.08. The summed E-state index contributed by atoms with van der Waals surface area (Å²) in [4.78, 5) is 58.1. The number of aliphatic imine (C=N–C) groups is 1. The fourth-order valence-corrected chi connectivity index (χ4v) is 5.16. The van der Waals surface area contributed by atoms with Crippen molar-refractivity contribution in [2.75, 3.05) is 25.0 Å². The first kappa shape index (κ1) is 38.7. The van der Waals surface area contributed by atoms with Crippen LogP contribution in [0.15, 0.2) is 58.1 Å². The first-order valence-electron chi connectivity index (χ1n) is 15.8. The van der Waals surface area contributed by atoms with Crippen LogP contribution in [-0.2, 0) is 20.8 Å². The third kappa shape index (κ3) is 11.5.